The molecule has 1 aromatic rings. The Labute approximate surface area is 186 Å². The van der Waals surface area contributed by atoms with E-state index in [1.807, 2.05) is 19.3 Å². The zero-order chi connectivity index (χ0) is 22.7. The van der Waals surface area contributed by atoms with E-state index >= 15 is 0 Å². The van der Waals surface area contributed by atoms with E-state index in [1.54, 1.807) is 43.9 Å². The van der Waals surface area contributed by atoms with Gasteiger partial charge in [-0.15, -0.1) is 0 Å². The number of carbonyl (C=O) groups excluding carboxylic acids is 2. The Morgan fingerprint density at radius 2 is 2.00 bits per heavy atom. The van der Waals surface area contributed by atoms with E-state index < -0.39 is 17.8 Å². The summed E-state index contributed by atoms with van der Waals surface area (Å²) in [6.45, 7) is 9.19. The number of fused-ring (bicyclic) bond motifs is 1. The van der Waals surface area contributed by atoms with Gasteiger partial charge < -0.3 is 15.0 Å². The van der Waals surface area contributed by atoms with Crippen molar-refractivity contribution in [1.82, 2.24) is 10.2 Å². The molecule has 166 valence electrons. The van der Waals surface area contributed by atoms with Crippen molar-refractivity contribution >= 4 is 28.8 Å². The van der Waals surface area contributed by atoms with Gasteiger partial charge in [0.25, 0.3) is 0 Å². The Hall–Kier alpha value is -2.61. The maximum atomic E-state index is 14.9. The minimum Gasteiger partial charge on any atom is -0.459 e. The van der Waals surface area contributed by atoms with Gasteiger partial charge in [-0.2, -0.15) is 0 Å². The highest BCUT2D eigenvalue weighted by molar-refractivity contribution is 8.16. The number of halogens is 1. The molecule has 1 amide bonds. The Balaban J connectivity index is 2.02. The summed E-state index contributed by atoms with van der Waals surface area (Å²) in [6, 6.07) is 5.64. The van der Waals surface area contributed by atoms with E-state index in [1.165, 1.54) is 17.8 Å². The molecule has 0 aromatic heterocycles. The average molecular weight is 446 g/mol. The highest BCUT2D eigenvalue weighted by Gasteiger charge is 2.42. The van der Waals surface area contributed by atoms with Crippen LogP contribution in [0.2, 0.25) is 0 Å². The van der Waals surface area contributed by atoms with E-state index in [-0.39, 0.29) is 30.0 Å². The smallest absolute Gasteiger partial charge is 0.338 e. The fourth-order valence-corrected chi connectivity index (χ4v) is 4.46. The number of nitrogens with one attached hydrogen (secondary N) is 1. The molecule has 2 aliphatic rings. The first kappa shape index (κ1) is 23.1. The molecule has 0 unspecified atom stereocenters. The van der Waals surface area contributed by atoms with Crippen LogP contribution in [-0.4, -0.2) is 34.1 Å². The molecule has 8 heteroatoms. The van der Waals surface area contributed by atoms with Gasteiger partial charge in [-0.05, 0) is 45.6 Å². The molecule has 0 saturated carbocycles. The fourth-order valence-electron chi connectivity index (χ4n) is 3.49. The van der Waals surface area contributed by atoms with Gasteiger partial charge in [-0.1, -0.05) is 36.9 Å². The Kier molecular flexibility index (Phi) is 7.20. The van der Waals surface area contributed by atoms with Crippen molar-refractivity contribution in [3.63, 3.8) is 0 Å². The van der Waals surface area contributed by atoms with Crippen molar-refractivity contribution in [2.24, 2.45) is 4.99 Å². The lowest BCUT2D eigenvalue weighted by atomic mass is 9.93. The monoisotopic (exact) mass is 445 g/mol. The first-order chi connectivity index (χ1) is 14.7. The quantitative estimate of drug-likeness (QED) is 0.618. The molecule has 0 spiro atoms. The summed E-state index contributed by atoms with van der Waals surface area (Å²) in [5.41, 5.74) is 1.76. The number of amidine groups is 1. The zero-order valence-corrected chi connectivity index (χ0v) is 19.3. The summed E-state index contributed by atoms with van der Waals surface area (Å²) in [6.07, 6.45) is 0.595. The Morgan fingerprint density at radius 1 is 1.29 bits per heavy atom. The summed E-state index contributed by atoms with van der Waals surface area (Å²) in [5, 5.41) is 5.40. The van der Waals surface area contributed by atoms with E-state index in [0.717, 1.165) is 6.42 Å². The molecule has 31 heavy (non-hydrogen) atoms. The number of ether oxygens (including phenoxy) is 1. The van der Waals surface area contributed by atoms with E-state index in [9.17, 15) is 14.0 Å². The number of carbonyl (C=O) groups is 2. The van der Waals surface area contributed by atoms with Crippen molar-refractivity contribution < 1.29 is 18.7 Å². The van der Waals surface area contributed by atoms with E-state index in [4.69, 9.17) is 4.74 Å². The summed E-state index contributed by atoms with van der Waals surface area (Å²) in [4.78, 5) is 31.9. The number of amides is 1. The van der Waals surface area contributed by atoms with Gasteiger partial charge in [0.1, 0.15) is 5.82 Å². The van der Waals surface area contributed by atoms with Crippen LogP contribution >= 0.6 is 11.8 Å². The second-order valence-electron chi connectivity index (χ2n) is 7.92. The summed E-state index contributed by atoms with van der Waals surface area (Å²) in [5.74, 6) is -1.10. The lowest BCUT2D eigenvalue weighted by Gasteiger charge is -2.36. The van der Waals surface area contributed by atoms with Gasteiger partial charge in [0.15, 0.2) is 5.17 Å². The van der Waals surface area contributed by atoms with Crippen LogP contribution in [0.15, 0.2) is 51.6 Å². The largest absolute Gasteiger partial charge is 0.459 e. The number of rotatable bonds is 7. The standard InChI is InChI=1S/C23H28FN3O3S/c1-6-14(4)25-19(28)11-16-12-31-23-26-15(5)20(22(29)30-13(2)3)21(27(16)23)17-9-7-8-10-18(17)24/h7-10,12-14,21H,6,11H2,1-5H3,(H,25,28)/t14-,21+/m1/s1. The molecule has 0 fully saturated rings. The summed E-state index contributed by atoms with van der Waals surface area (Å²) >= 11 is 1.36. The minimum absolute atomic E-state index is 0.0535. The Bertz CT molecular complexity index is 971. The normalized spacial score (nSPS) is 19.1. The maximum Gasteiger partial charge on any atom is 0.338 e. The topological polar surface area (TPSA) is 71.0 Å². The molecular formula is C23H28FN3O3S. The Morgan fingerprint density at radius 3 is 2.65 bits per heavy atom. The first-order valence-electron chi connectivity index (χ1n) is 10.4. The van der Waals surface area contributed by atoms with Crippen LogP contribution in [-0.2, 0) is 14.3 Å². The third-order valence-electron chi connectivity index (χ3n) is 5.12. The zero-order valence-electron chi connectivity index (χ0n) is 18.4. The van der Waals surface area contributed by atoms with Gasteiger partial charge in [-0.3, -0.25) is 4.79 Å². The SMILES string of the molecule is CC[C@@H](C)NC(=O)CC1=CSC2=NC(C)=C(C(=O)OC(C)C)[C@H](c3ccccc3F)N12. The first-order valence-corrected chi connectivity index (χ1v) is 11.3. The number of benzene rings is 1. The molecule has 6 nitrogen and oxygen atoms in total. The van der Waals surface area contributed by atoms with Gasteiger partial charge in [0.05, 0.1) is 29.8 Å². The van der Waals surface area contributed by atoms with E-state index in [2.05, 4.69) is 10.3 Å². The van der Waals surface area contributed by atoms with Crippen molar-refractivity contribution in [2.75, 3.05) is 0 Å². The van der Waals surface area contributed by atoms with Crippen molar-refractivity contribution in [3.8, 4) is 0 Å². The minimum atomic E-state index is -0.766. The fraction of sp³-hybridized carbons (Fsp3) is 0.435. The number of allylic oxidation sites excluding steroid dienone is 1. The van der Waals surface area contributed by atoms with Crippen LogP contribution in [0, 0.1) is 5.82 Å². The number of thioether (sulfide) groups is 1. The molecule has 2 aliphatic heterocycles. The number of hydrogen-bond donors (Lipinski definition) is 1. The van der Waals surface area contributed by atoms with Gasteiger partial charge in [-0.25, -0.2) is 14.2 Å². The van der Waals surface area contributed by atoms with Gasteiger partial charge >= 0.3 is 5.97 Å². The number of hydrogen-bond acceptors (Lipinski definition) is 6. The lowest BCUT2D eigenvalue weighted by Crippen LogP contribution is -2.39. The lowest BCUT2D eigenvalue weighted by molar-refractivity contribution is -0.143. The molecular weight excluding hydrogens is 417 g/mol. The molecule has 3 rings (SSSR count). The second kappa shape index (κ2) is 9.68. The summed E-state index contributed by atoms with van der Waals surface area (Å²) < 4.78 is 20.4. The van der Waals surface area contributed by atoms with Crippen LogP contribution in [0.3, 0.4) is 0 Å². The van der Waals surface area contributed by atoms with Crippen LogP contribution in [0.25, 0.3) is 0 Å². The van der Waals surface area contributed by atoms with Crippen LogP contribution < -0.4 is 5.32 Å². The summed E-state index contributed by atoms with van der Waals surface area (Å²) in [7, 11) is 0. The van der Waals surface area contributed by atoms with Gasteiger partial charge in [0.2, 0.25) is 5.91 Å². The molecule has 0 radical (unpaired) electrons. The third kappa shape index (κ3) is 5.01. The van der Waals surface area contributed by atoms with Crippen LogP contribution in [0.5, 0.6) is 0 Å². The molecule has 2 heterocycles. The molecule has 1 aromatic carbocycles. The number of esters is 1. The van der Waals surface area contributed by atoms with E-state index in [0.29, 0.717) is 22.1 Å². The molecule has 0 saturated heterocycles. The second-order valence-corrected chi connectivity index (χ2v) is 8.76. The predicted molar refractivity (Wildman–Crippen MR) is 121 cm³/mol. The van der Waals surface area contributed by atoms with Crippen LogP contribution in [0.4, 0.5) is 4.39 Å². The highest BCUT2D eigenvalue weighted by atomic mass is 32.2. The van der Waals surface area contributed by atoms with Crippen molar-refractivity contribution in [2.45, 2.75) is 65.6 Å². The van der Waals surface area contributed by atoms with Crippen molar-refractivity contribution in [1.29, 1.82) is 0 Å². The number of aliphatic imine (C=N–C) groups is 1. The average Bonchev–Trinajstić information content (AvgIpc) is 3.08. The predicted octanol–water partition coefficient (Wildman–Crippen LogP) is 4.66. The molecule has 2 atom stereocenters. The molecule has 0 aliphatic carbocycles. The maximum absolute atomic E-state index is 14.9. The number of nitrogens with zero attached hydrogens (tertiary/aromatic N) is 2. The third-order valence-corrected chi connectivity index (χ3v) is 6.01. The van der Waals surface area contributed by atoms with Gasteiger partial charge in [0, 0.05) is 17.3 Å². The molecule has 0 bridgehead atoms. The van der Waals surface area contributed by atoms with Crippen molar-refractivity contribution in [3.05, 3.63) is 58.0 Å². The molecule has 1 N–H and O–H groups in total. The highest BCUT2D eigenvalue weighted by Crippen LogP contribution is 2.45. The van der Waals surface area contributed by atoms with Crippen LogP contribution in [0.1, 0.15) is 59.1 Å².